The molecular weight excluding hydrogens is 182 g/mol. The molecular formula is C9H19N3O2. The minimum atomic E-state index is -0.118. The topological polar surface area (TPSA) is 79.9 Å². The molecule has 5 nitrogen and oxygen atoms in total. The Morgan fingerprint density at radius 1 is 1.71 bits per heavy atom. The number of oxime groups is 1. The first-order valence-corrected chi connectivity index (χ1v) is 4.89. The van der Waals surface area contributed by atoms with E-state index in [2.05, 4.69) is 10.5 Å². The van der Waals surface area contributed by atoms with Crippen molar-refractivity contribution in [2.45, 2.75) is 37.8 Å². The highest BCUT2D eigenvalue weighted by Crippen LogP contribution is 2.34. The predicted molar refractivity (Wildman–Crippen MR) is 54.5 cm³/mol. The number of rotatable bonds is 5. The van der Waals surface area contributed by atoms with E-state index in [1.165, 1.54) is 6.42 Å². The first-order chi connectivity index (χ1) is 6.63. The number of hydrogen-bond donors (Lipinski definition) is 3. The third kappa shape index (κ3) is 2.36. The molecule has 4 N–H and O–H groups in total. The Morgan fingerprint density at radius 3 is 2.71 bits per heavy atom. The van der Waals surface area contributed by atoms with Crippen molar-refractivity contribution in [3.63, 3.8) is 0 Å². The number of ether oxygens (including phenoxy) is 1. The highest BCUT2D eigenvalue weighted by molar-refractivity contribution is 5.84. The minimum Gasteiger partial charge on any atom is -0.409 e. The van der Waals surface area contributed by atoms with Gasteiger partial charge in [-0.05, 0) is 26.2 Å². The van der Waals surface area contributed by atoms with Gasteiger partial charge >= 0.3 is 0 Å². The van der Waals surface area contributed by atoms with Gasteiger partial charge in [0.2, 0.25) is 0 Å². The lowest BCUT2D eigenvalue weighted by atomic mass is 9.80. The van der Waals surface area contributed by atoms with E-state index in [4.69, 9.17) is 15.7 Å². The van der Waals surface area contributed by atoms with Crippen LogP contribution >= 0.6 is 0 Å². The minimum absolute atomic E-state index is 0.0238. The maximum Gasteiger partial charge on any atom is 0.156 e. The Kier molecular flexibility index (Phi) is 3.71. The number of methoxy groups -OCH3 is 1. The summed E-state index contributed by atoms with van der Waals surface area (Å²) in [7, 11) is 1.73. The van der Waals surface area contributed by atoms with Crippen LogP contribution in [0.25, 0.3) is 0 Å². The average molecular weight is 201 g/mol. The van der Waals surface area contributed by atoms with Crippen molar-refractivity contribution < 1.29 is 9.94 Å². The summed E-state index contributed by atoms with van der Waals surface area (Å²) in [6.07, 6.45) is 3.38. The van der Waals surface area contributed by atoms with Crippen molar-refractivity contribution >= 4 is 5.84 Å². The van der Waals surface area contributed by atoms with Crippen molar-refractivity contribution in [3.8, 4) is 0 Å². The van der Waals surface area contributed by atoms with Gasteiger partial charge in [0.15, 0.2) is 5.84 Å². The smallest absolute Gasteiger partial charge is 0.156 e. The Hall–Kier alpha value is -0.810. The summed E-state index contributed by atoms with van der Waals surface area (Å²) in [5.41, 5.74) is 5.42. The molecule has 1 saturated carbocycles. The van der Waals surface area contributed by atoms with Crippen molar-refractivity contribution in [2.75, 3.05) is 13.7 Å². The van der Waals surface area contributed by atoms with Gasteiger partial charge in [-0.2, -0.15) is 0 Å². The molecule has 1 rings (SSSR count). The van der Waals surface area contributed by atoms with Gasteiger partial charge < -0.3 is 21.0 Å². The average Bonchev–Trinajstić information content (AvgIpc) is 2.15. The number of amidine groups is 1. The van der Waals surface area contributed by atoms with Crippen molar-refractivity contribution in [1.82, 2.24) is 5.32 Å². The van der Waals surface area contributed by atoms with Gasteiger partial charge in [0.25, 0.3) is 0 Å². The van der Waals surface area contributed by atoms with Gasteiger partial charge in [-0.25, -0.2) is 0 Å². The molecule has 14 heavy (non-hydrogen) atoms. The molecule has 1 fully saturated rings. The van der Waals surface area contributed by atoms with E-state index in [1.54, 1.807) is 7.11 Å². The molecule has 0 aromatic heterocycles. The van der Waals surface area contributed by atoms with Crippen LogP contribution in [-0.4, -0.2) is 36.3 Å². The highest BCUT2D eigenvalue weighted by Gasteiger charge is 2.36. The van der Waals surface area contributed by atoms with E-state index in [0.717, 1.165) is 19.4 Å². The number of nitrogens with one attached hydrogen (secondary N) is 1. The summed E-state index contributed by atoms with van der Waals surface area (Å²) in [5, 5.41) is 14.6. The van der Waals surface area contributed by atoms with Gasteiger partial charge in [0.1, 0.15) is 0 Å². The number of nitrogens with zero attached hydrogens (tertiary/aromatic N) is 1. The second-order valence-corrected chi connectivity index (χ2v) is 3.87. The van der Waals surface area contributed by atoms with E-state index in [9.17, 15) is 0 Å². The molecule has 0 aliphatic heterocycles. The van der Waals surface area contributed by atoms with Crippen molar-refractivity contribution in [2.24, 2.45) is 10.9 Å². The van der Waals surface area contributed by atoms with Crippen LogP contribution in [0.4, 0.5) is 0 Å². The predicted octanol–water partition coefficient (Wildman–Crippen LogP) is 0.280. The second-order valence-electron chi connectivity index (χ2n) is 3.87. The SMILES string of the molecule is COC1(CNC(C)C(N)=NO)CCC1. The lowest BCUT2D eigenvalue weighted by Crippen LogP contribution is -2.52. The monoisotopic (exact) mass is 201 g/mol. The van der Waals surface area contributed by atoms with Crippen LogP contribution in [0.1, 0.15) is 26.2 Å². The molecule has 0 radical (unpaired) electrons. The van der Waals surface area contributed by atoms with Crippen LogP contribution in [0.3, 0.4) is 0 Å². The molecule has 5 heteroatoms. The summed E-state index contributed by atoms with van der Waals surface area (Å²) in [4.78, 5) is 0. The maximum absolute atomic E-state index is 8.45. The van der Waals surface area contributed by atoms with Gasteiger partial charge in [-0.1, -0.05) is 5.16 Å². The van der Waals surface area contributed by atoms with E-state index in [-0.39, 0.29) is 17.5 Å². The zero-order valence-electron chi connectivity index (χ0n) is 8.79. The lowest BCUT2D eigenvalue weighted by Gasteiger charge is -2.41. The van der Waals surface area contributed by atoms with Crippen LogP contribution in [0.2, 0.25) is 0 Å². The molecule has 1 atom stereocenters. The first-order valence-electron chi connectivity index (χ1n) is 4.89. The molecule has 0 spiro atoms. The van der Waals surface area contributed by atoms with Crippen molar-refractivity contribution in [1.29, 1.82) is 0 Å². The summed E-state index contributed by atoms with van der Waals surface area (Å²) in [5.74, 6) is 0.204. The summed E-state index contributed by atoms with van der Waals surface area (Å²) < 4.78 is 5.43. The molecule has 0 aromatic rings. The molecule has 0 aromatic carbocycles. The second kappa shape index (κ2) is 4.61. The van der Waals surface area contributed by atoms with Gasteiger partial charge in [0, 0.05) is 13.7 Å². The zero-order valence-corrected chi connectivity index (χ0v) is 8.79. The lowest BCUT2D eigenvalue weighted by molar-refractivity contribution is -0.0697. The third-order valence-electron chi connectivity index (χ3n) is 2.99. The standard InChI is InChI=1S/C9H19N3O2/c1-7(8(10)12-13)11-6-9(14-2)4-3-5-9/h7,11,13H,3-6H2,1-2H3,(H2,10,12). The fourth-order valence-corrected chi connectivity index (χ4v) is 1.55. The Morgan fingerprint density at radius 2 is 2.36 bits per heavy atom. The fraction of sp³-hybridized carbons (Fsp3) is 0.889. The Balaban J connectivity index is 2.32. The van der Waals surface area contributed by atoms with Crippen molar-refractivity contribution in [3.05, 3.63) is 0 Å². The Labute approximate surface area is 84.3 Å². The van der Waals surface area contributed by atoms with E-state index in [1.807, 2.05) is 6.92 Å². The van der Waals surface area contributed by atoms with Crippen LogP contribution < -0.4 is 11.1 Å². The van der Waals surface area contributed by atoms with Gasteiger partial charge in [-0.3, -0.25) is 0 Å². The van der Waals surface area contributed by atoms with Crippen LogP contribution in [0.5, 0.6) is 0 Å². The van der Waals surface area contributed by atoms with E-state index >= 15 is 0 Å². The molecule has 0 amide bonds. The summed E-state index contributed by atoms with van der Waals surface area (Å²) in [6, 6.07) is -0.118. The Bertz CT molecular complexity index is 209. The largest absolute Gasteiger partial charge is 0.409 e. The summed E-state index contributed by atoms with van der Waals surface area (Å²) in [6.45, 7) is 2.61. The molecule has 1 unspecified atom stereocenters. The van der Waals surface area contributed by atoms with Gasteiger partial charge in [0.05, 0.1) is 11.6 Å². The van der Waals surface area contributed by atoms with Gasteiger partial charge in [-0.15, -0.1) is 0 Å². The molecule has 1 aliphatic rings. The number of hydrogen-bond acceptors (Lipinski definition) is 4. The first kappa shape index (κ1) is 11.3. The third-order valence-corrected chi connectivity index (χ3v) is 2.99. The molecule has 1 aliphatic carbocycles. The molecule has 0 heterocycles. The molecule has 82 valence electrons. The van der Waals surface area contributed by atoms with Crippen LogP contribution in [0.15, 0.2) is 5.16 Å². The maximum atomic E-state index is 8.45. The van der Waals surface area contributed by atoms with E-state index in [0.29, 0.717) is 0 Å². The normalized spacial score (nSPS) is 22.9. The highest BCUT2D eigenvalue weighted by atomic mass is 16.5. The quantitative estimate of drug-likeness (QED) is 0.258. The van der Waals surface area contributed by atoms with E-state index < -0.39 is 0 Å². The molecule has 0 bridgehead atoms. The fourth-order valence-electron chi connectivity index (χ4n) is 1.55. The number of nitrogens with two attached hydrogens (primary N) is 1. The van der Waals surface area contributed by atoms with Crippen LogP contribution in [-0.2, 0) is 4.74 Å². The molecule has 0 saturated heterocycles. The van der Waals surface area contributed by atoms with Crippen LogP contribution in [0, 0.1) is 0 Å². The summed E-state index contributed by atoms with van der Waals surface area (Å²) >= 11 is 0. The zero-order chi connectivity index (χ0) is 10.6.